The number of carboxylic acid groups (broad SMARTS) is 1. The van der Waals surface area contributed by atoms with Crippen LogP contribution in [-0.4, -0.2) is 23.1 Å². The largest absolute Gasteiger partial charge is 0.481 e. The molecule has 4 heteroatoms. The minimum absolute atomic E-state index is 0.356. The summed E-state index contributed by atoms with van der Waals surface area (Å²) >= 11 is 0. The van der Waals surface area contributed by atoms with Crippen molar-refractivity contribution in [1.82, 2.24) is 0 Å². The fourth-order valence-electron chi connectivity index (χ4n) is 3.42. The third-order valence-electron chi connectivity index (χ3n) is 4.96. The Hall–Kier alpha value is -1.06. The summed E-state index contributed by atoms with van der Waals surface area (Å²) in [6, 6.07) is 0. The molecule has 1 fully saturated rings. The molecule has 1 heterocycles. The first-order valence-electron chi connectivity index (χ1n) is 9.51. The van der Waals surface area contributed by atoms with Gasteiger partial charge in [0.15, 0.2) is 0 Å². The lowest BCUT2D eigenvalue weighted by Gasteiger charge is -2.15. The van der Waals surface area contributed by atoms with Crippen LogP contribution in [0.5, 0.6) is 0 Å². The molecule has 0 aromatic rings. The Morgan fingerprint density at radius 3 is 1.91 bits per heavy atom. The van der Waals surface area contributed by atoms with Crippen molar-refractivity contribution in [3.8, 4) is 0 Å². The summed E-state index contributed by atoms with van der Waals surface area (Å²) < 4.78 is 5.22. The number of ether oxygens (including phenoxy) is 1. The van der Waals surface area contributed by atoms with E-state index in [1.165, 1.54) is 57.8 Å². The number of unbranched alkanes of at least 4 members (excludes halogenated alkanes) is 10. The standard InChI is InChI=1S/C19H34O4/c1-3-4-5-6-7-8-9-10-11-12-13-14-16-17(18(20)21)15(2)19(22)23-16/h15-17H,3-14H2,1-2H3,(H,20,21)/t15-,16-,17+/m1/s1. The Labute approximate surface area is 141 Å². The van der Waals surface area contributed by atoms with Gasteiger partial charge >= 0.3 is 11.9 Å². The second-order valence-electron chi connectivity index (χ2n) is 6.95. The van der Waals surface area contributed by atoms with Crippen molar-refractivity contribution in [3.63, 3.8) is 0 Å². The molecule has 0 spiro atoms. The highest BCUT2D eigenvalue weighted by molar-refractivity contribution is 5.84. The topological polar surface area (TPSA) is 63.6 Å². The number of hydrogen-bond acceptors (Lipinski definition) is 3. The van der Waals surface area contributed by atoms with Crippen molar-refractivity contribution in [1.29, 1.82) is 0 Å². The maximum atomic E-state index is 11.5. The number of aliphatic carboxylic acids is 1. The van der Waals surface area contributed by atoms with Gasteiger partial charge in [0, 0.05) is 0 Å². The maximum absolute atomic E-state index is 11.5. The van der Waals surface area contributed by atoms with Gasteiger partial charge in [-0.2, -0.15) is 0 Å². The highest BCUT2D eigenvalue weighted by Crippen LogP contribution is 2.31. The van der Waals surface area contributed by atoms with Gasteiger partial charge in [0.05, 0.1) is 5.92 Å². The number of carboxylic acids is 1. The molecule has 3 atom stereocenters. The first-order valence-corrected chi connectivity index (χ1v) is 9.51. The van der Waals surface area contributed by atoms with E-state index in [9.17, 15) is 14.7 Å². The minimum Gasteiger partial charge on any atom is -0.481 e. The van der Waals surface area contributed by atoms with E-state index in [2.05, 4.69) is 6.92 Å². The van der Waals surface area contributed by atoms with Crippen LogP contribution in [0.2, 0.25) is 0 Å². The SMILES string of the molecule is CCCCCCCCCCCCC[C@H]1OC(=O)[C@H](C)[C@@H]1C(=O)O. The van der Waals surface area contributed by atoms with E-state index in [1.54, 1.807) is 6.92 Å². The summed E-state index contributed by atoms with van der Waals surface area (Å²) in [6.45, 7) is 3.90. The highest BCUT2D eigenvalue weighted by atomic mass is 16.6. The number of hydrogen-bond donors (Lipinski definition) is 1. The molecule has 0 amide bonds. The van der Waals surface area contributed by atoms with E-state index in [4.69, 9.17) is 4.74 Å². The van der Waals surface area contributed by atoms with Gasteiger partial charge in [-0.1, -0.05) is 78.1 Å². The van der Waals surface area contributed by atoms with Crippen LogP contribution in [0.25, 0.3) is 0 Å². The fraction of sp³-hybridized carbons (Fsp3) is 0.895. The minimum atomic E-state index is -0.906. The van der Waals surface area contributed by atoms with Gasteiger partial charge in [-0.25, -0.2) is 0 Å². The van der Waals surface area contributed by atoms with Gasteiger partial charge in [-0.05, 0) is 12.8 Å². The van der Waals surface area contributed by atoms with Crippen LogP contribution in [0.15, 0.2) is 0 Å². The zero-order valence-electron chi connectivity index (χ0n) is 14.9. The predicted molar refractivity (Wildman–Crippen MR) is 91.2 cm³/mol. The summed E-state index contributed by atoms with van der Waals surface area (Å²) in [6.07, 6.45) is 14.2. The Morgan fingerprint density at radius 1 is 0.957 bits per heavy atom. The number of rotatable bonds is 13. The first kappa shape index (κ1) is 20.0. The second kappa shape index (κ2) is 11.5. The first-order chi connectivity index (χ1) is 11.1. The van der Waals surface area contributed by atoms with Crippen LogP contribution >= 0.6 is 0 Å². The van der Waals surface area contributed by atoms with Crippen molar-refractivity contribution in [2.45, 2.75) is 97.0 Å². The Bertz CT molecular complexity index is 353. The molecular formula is C19H34O4. The van der Waals surface area contributed by atoms with Crippen LogP contribution in [-0.2, 0) is 14.3 Å². The molecule has 0 unspecified atom stereocenters. The molecule has 23 heavy (non-hydrogen) atoms. The van der Waals surface area contributed by atoms with Gasteiger partial charge in [0.2, 0.25) is 0 Å². The van der Waals surface area contributed by atoms with Crippen LogP contribution < -0.4 is 0 Å². The van der Waals surface area contributed by atoms with Crippen LogP contribution in [0.4, 0.5) is 0 Å². The third kappa shape index (κ3) is 7.36. The highest BCUT2D eigenvalue weighted by Gasteiger charge is 2.45. The Balaban J connectivity index is 2.00. The summed E-state index contributed by atoms with van der Waals surface area (Å²) in [5.41, 5.74) is 0. The zero-order chi connectivity index (χ0) is 17.1. The summed E-state index contributed by atoms with van der Waals surface area (Å²) in [4.78, 5) is 22.8. The number of esters is 1. The van der Waals surface area contributed by atoms with E-state index in [0.29, 0.717) is 6.42 Å². The molecule has 1 saturated heterocycles. The smallest absolute Gasteiger partial charge is 0.311 e. The molecule has 0 bridgehead atoms. The quantitative estimate of drug-likeness (QED) is 0.384. The molecule has 0 aromatic carbocycles. The normalized spacial score (nSPS) is 23.9. The van der Waals surface area contributed by atoms with E-state index < -0.39 is 23.9 Å². The van der Waals surface area contributed by atoms with Crippen molar-refractivity contribution < 1.29 is 19.4 Å². The molecular weight excluding hydrogens is 292 g/mol. The molecule has 1 aliphatic heterocycles. The fourth-order valence-corrected chi connectivity index (χ4v) is 3.42. The van der Waals surface area contributed by atoms with Gasteiger partial charge in [0.1, 0.15) is 12.0 Å². The average Bonchev–Trinajstić information content (AvgIpc) is 2.79. The predicted octanol–water partition coefficient (Wildman–Crippen LogP) is 4.95. The van der Waals surface area contributed by atoms with E-state index in [0.717, 1.165) is 12.8 Å². The lowest BCUT2D eigenvalue weighted by atomic mass is 9.89. The molecule has 0 aliphatic carbocycles. The van der Waals surface area contributed by atoms with Crippen molar-refractivity contribution in [2.24, 2.45) is 11.8 Å². The number of cyclic esters (lactones) is 1. The van der Waals surface area contributed by atoms with E-state index in [-0.39, 0.29) is 5.97 Å². The summed E-state index contributed by atoms with van der Waals surface area (Å²) in [5, 5.41) is 9.22. The molecule has 1 aliphatic rings. The van der Waals surface area contributed by atoms with Crippen LogP contribution in [0.3, 0.4) is 0 Å². The third-order valence-corrected chi connectivity index (χ3v) is 4.96. The van der Waals surface area contributed by atoms with Gasteiger partial charge in [-0.15, -0.1) is 0 Å². The van der Waals surface area contributed by atoms with Gasteiger partial charge in [-0.3, -0.25) is 9.59 Å². The molecule has 134 valence electrons. The van der Waals surface area contributed by atoms with Gasteiger partial charge in [0.25, 0.3) is 0 Å². The maximum Gasteiger partial charge on any atom is 0.311 e. The number of carbonyl (C=O) groups is 2. The second-order valence-corrected chi connectivity index (χ2v) is 6.95. The number of carbonyl (C=O) groups excluding carboxylic acids is 1. The molecule has 0 saturated carbocycles. The molecule has 0 aromatic heterocycles. The van der Waals surface area contributed by atoms with Crippen molar-refractivity contribution >= 4 is 11.9 Å². The molecule has 1 N–H and O–H groups in total. The van der Waals surface area contributed by atoms with Crippen LogP contribution in [0.1, 0.15) is 90.9 Å². The van der Waals surface area contributed by atoms with E-state index >= 15 is 0 Å². The molecule has 1 rings (SSSR count). The van der Waals surface area contributed by atoms with Crippen LogP contribution in [0, 0.1) is 11.8 Å². The van der Waals surface area contributed by atoms with Crippen molar-refractivity contribution in [3.05, 3.63) is 0 Å². The average molecular weight is 326 g/mol. The monoisotopic (exact) mass is 326 g/mol. The Morgan fingerprint density at radius 2 is 1.43 bits per heavy atom. The summed E-state index contributed by atoms with van der Waals surface area (Å²) in [7, 11) is 0. The van der Waals surface area contributed by atoms with Gasteiger partial charge < -0.3 is 9.84 Å². The Kier molecular flexibility index (Phi) is 9.97. The molecule has 0 radical (unpaired) electrons. The lowest BCUT2D eigenvalue weighted by Crippen LogP contribution is -2.27. The molecule has 4 nitrogen and oxygen atoms in total. The van der Waals surface area contributed by atoms with E-state index in [1.807, 2.05) is 0 Å². The zero-order valence-corrected chi connectivity index (χ0v) is 14.9. The lowest BCUT2D eigenvalue weighted by molar-refractivity contribution is -0.144. The van der Waals surface area contributed by atoms with Crippen molar-refractivity contribution in [2.75, 3.05) is 0 Å². The summed E-state index contributed by atoms with van der Waals surface area (Å²) in [5.74, 6) is -2.43.